The normalized spacial score (nSPS) is 11.7. The first-order valence-electron chi connectivity index (χ1n) is 8.07. The molecule has 0 aliphatic rings. The van der Waals surface area contributed by atoms with Crippen LogP contribution in [0, 0.1) is 6.92 Å². The Kier molecular flexibility index (Phi) is 4.86. The van der Waals surface area contributed by atoms with Crippen LogP contribution in [0.5, 0.6) is 0 Å². The smallest absolute Gasteiger partial charge is 0.262 e. The maximum absolute atomic E-state index is 12.6. The number of carbonyl (C=O) groups excluding carboxylic acids is 1. The molecule has 0 radical (unpaired) electrons. The van der Waals surface area contributed by atoms with Gasteiger partial charge in [-0.3, -0.25) is 9.59 Å². The number of anilines is 1. The number of hydrogen-bond donors (Lipinski definition) is 1. The molecule has 0 aliphatic carbocycles. The Balaban J connectivity index is 2.00. The van der Waals surface area contributed by atoms with E-state index in [0.717, 1.165) is 10.6 Å². The molecule has 1 aromatic heterocycles. The molecule has 140 valence electrons. The van der Waals surface area contributed by atoms with E-state index in [0.29, 0.717) is 22.2 Å². The Bertz CT molecular complexity index is 1200. The minimum absolute atomic E-state index is 0.0407. The molecule has 0 aliphatic heterocycles. The van der Waals surface area contributed by atoms with Crippen LogP contribution in [-0.4, -0.2) is 32.7 Å². The van der Waals surface area contributed by atoms with E-state index in [1.165, 1.54) is 26.2 Å². The maximum atomic E-state index is 12.6. The van der Waals surface area contributed by atoms with Crippen molar-refractivity contribution in [2.45, 2.75) is 11.8 Å². The summed E-state index contributed by atoms with van der Waals surface area (Å²) in [4.78, 5) is 25.2. The second-order valence-electron chi connectivity index (χ2n) is 6.19. The highest BCUT2D eigenvalue weighted by molar-refractivity contribution is 7.89. The van der Waals surface area contributed by atoms with Gasteiger partial charge in [-0.15, -0.1) is 0 Å². The van der Waals surface area contributed by atoms with Crippen LogP contribution in [0.3, 0.4) is 0 Å². The number of fused-ring (bicyclic) bond motifs is 1. The van der Waals surface area contributed by atoms with Crippen molar-refractivity contribution in [1.29, 1.82) is 0 Å². The average molecular weight is 386 g/mol. The molecule has 0 unspecified atom stereocenters. The molecule has 0 bridgehead atoms. The van der Waals surface area contributed by atoms with Gasteiger partial charge in [0.15, 0.2) is 0 Å². The Morgan fingerprint density at radius 1 is 1.11 bits per heavy atom. The summed E-state index contributed by atoms with van der Waals surface area (Å²) in [6.07, 6.45) is 1.11. The molecule has 8 heteroatoms. The Hall–Kier alpha value is -2.97. The van der Waals surface area contributed by atoms with Crippen LogP contribution in [0.15, 0.2) is 62.8 Å². The van der Waals surface area contributed by atoms with E-state index in [1.807, 2.05) is 0 Å². The van der Waals surface area contributed by atoms with Crippen LogP contribution in [0.4, 0.5) is 5.69 Å². The number of rotatable bonds is 4. The van der Waals surface area contributed by atoms with Crippen molar-refractivity contribution in [3.05, 3.63) is 70.1 Å². The lowest BCUT2D eigenvalue weighted by Crippen LogP contribution is -2.23. The van der Waals surface area contributed by atoms with E-state index in [1.54, 1.807) is 37.3 Å². The zero-order valence-corrected chi connectivity index (χ0v) is 15.8. The number of aryl methyl sites for hydroxylation is 1. The number of carbonyl (C=O) groups is 1. The van der Waals surface area contributed by atoms with E-state index >= 15 is 0 Å². The van der Waals surface area contributed by atoms with Crippen molar-refractivity contribution < 1.29 is 17.6 Å². The number of sulfonamides is 1. The minimum Gasteiger partial charge on any atom is -0.463 e. The number of nitrogens with one attached hydrogen (secondary N) is 1. The molecular weight excluding hydrogens is 368 g/mol. The maximum Gasteiger partial charge on any atom is 0.262 e. The second-order valence-corrected chi connectivity index (χ2v) is 8.34. The first-order valence-corrected chi connectivity index (χ1v) is 9.51. The zero-order chi connectivity index (χ0) is 19.8. The predicted molar refractivity (Wildman–Crippen MR) is 102 cm³/mol. The third-order valence-corrected chi connectivity index (χ3v) is 5.97. The number of amides is 1. The largest absolute Gasteiger partial charge is 0.463 e. The molecule has 2 aromatic carbocycles. The van der Waals surface area contributed by atoms with Gasteiger partial charge >= 0.3 is 0 Å². The van der Waals surface area contributed by atoms with Gasteiger partial charge in [0.1, 0.15) is 17.4 Å². The van der Waals surface area contributed by atoms with Crippen LogP contribution < -0.4 is 10.7 Å². The minimum atomic E-state index is -3.65. The highest BCUT2D eigenvalue weighted by Crippen LogP contribution is 2.22. The van der Waals surface area contributed by atoms with E-state index in [4.69, 9.17) is 4.42 Å². The lowest BCUT2D eigenvalue weighted by molar-refractivity contribution is 0.102. The van der Waals surface area contributed by atoms with Gasteiger partial charge in [-0.05, 0) is 36.8 Å². The molecule has 27 heavy (non-hydrogen) atoms. The number of benzene rings is 2. The summed E-state index contributed by atoms with van der Waals surface area (Å²) in [5.74, 6) is -0.669. The average Bonchev–Trinajstić information content (AvgIpc) is 2.63. The first-order chi connectivity index (χ1) is 12.7. The molecular formula is C19H18N2O5S. The van der Waals surface area contributed by atoms with Crippen molar-refractivity contribution in [3.63, 3.8) is 0 Å². The van der Waals surface area contributed by atoms with E-state index in [2.05, 4.69) is 5.32 Å². The lowest BCUT2D eigenvalue weighted by atomic mass is 10.1. The van der Waals surface area contributed by atoms with Gasteiger partial charge in [0.25, 0.3) is 5.91 Å². The third-order valence-electron chi connectivity index (χ3n) is 4.16. The predicted octanol–water partition coefficient (Wildman–Crippen LogP) is 2.60. The molecule has 3 rings (SSSR count). The van der Waals surface area contributed by atoms with Crippen LogP contribution in [0.2, 0.25) is 0 Å². The summed E-state index contributed by atoms with van der Waals surface area (Å²) < 4.78 is 31.0. The van der Waals surface area contributed by atoms with Crippen LogP contribution in [0.1, 0.15) is 15.9 Å². The summed E-state index contributed by atoms with van der Waals surface area (Å²) in [7, 11) is -0.803. The van der Waals surface area contributed by atoms with Crippen molar-refractivity contribution in [2.24, 2.45) is 0 Å². The van der Waals surface area contributed by atoms with Crippen molar-refractivity contribution in [2.75, 3.05) is 19.4 Å². The zero-order valence-electron chi connectivity index (χ0n) is 15.0. The fourth-order valence-corrected chi connectivity index (χ4v) is 3.46. The molecule has 7 nitrogen and oxygen atoms in total. The molecule has 1 amide bonds. The summed E-state index contributed by atoms with van der Waals surface area (Å²) in [6, 6.07) is 11.0. The highest BCUT2D eigenvalue weighted by Gasteiger charge is 2.20. The topological polar surface area (TPSA) is 96.7 Å². The van der Waals surface area contributed by atoms with Gasteiger partial charge in [0.2, 0.25) is 15.5 Å². The second kappa shape index (κ2) is 6.98. The molecule has 0 spiro atoms. The first kappa shape index (κ1) is 18.8. The Morgan fingerprint density at radius 3 is 2.52 bits per heavy atom. The SMILES string of the molecule is Cc1ccc(S(=O)(=O)N(C)C)cc1NC(=O)c1coc2ccccc2c1=O. The van der Waals surface area contributed by atoms with Gasteiger partial charge in [0.05, 0.1) is 10.3 Å². The van der Waals surface area contributed by atoms with Gasteiger partial charge < -0.3 is 9.73 Å². The molecule has 1 heterocycles. The summed E-state index contributed by atoms with van der Waals surface area (Å²) in [5.41, 5.74) is 0.731. The molecule has 0 saturated carbocycles. The van der Waals surface area contributed by atoms with Crippen LogP contribution in [0.25, 0.3) is 11.0 Å². The molecule has 1 N–H and O–H groups in total. The van der Waals surface area contributed by atoms with Crippen molar-refractivity contribution in [1.82, 2.24) is 4.31 Å². The van der Waals surface area contributed by atoms with E-state index < -0.39 is 21.4 Å². The Labute approximate surface area is 156 Å². The quantitative estimate of drug-likeness (QED) is 0.743. The lowest BCUT2D eigenvalue weighted by Gasteiger charge is -2.14. The van der Waals surface area contributed by atoms with E-state index in [-0.39, 0.29) is 10.5 Å². The standard InChI is InChI=1S/C19H18N2O5S/c1-12-8-9-13(27(24,25)21(2)3)10-16(12)20-19(23)15-11-26-17-7-5-4-6-14(17)18(15)22/h4-11H,1-3H3,(H,20,23). The summed E-state index contributed by atoms with van der Waals surface area (Å²) in [5, 5.41) is 2.90. The van der Waals surface area contributed by atoms with E-state index in [9.17, 15) is 18.0 Å². The van der Waals surface area contributed by atoms with Gasteiger partial charge in [-0.1, -0.05) is 18.2 Å². The Morgan fingerprint density at radius 2 is 1.81 bits per heavy atom. The van der Waals surface area contributed by atoms with Crippen molar-refractivity contribution >= 4 is 32.6 Å². The molecule has 3 aromatic rings. The number of para-hydroxylation sites is 1. The fraction of sp³-hybridized carbons (Fsp3) is 0.158. The van der Waals surface area contributed by atoms with Gasteiger partial charge in [-0.25, -0.2) is 12.7 Å². The van der Waals surface area contributed by atoms with Crippen LogP contribution >= 0.6 is 0 Å². The number of hydrogen-bond acceptors (Lipinski definition) is 5. The van der Waals surface area contributed by atoms with Crippen LogP contribution in [-0.2, 0) is 10.0 Å². The number of nitrogens with zero attached hydrogens (tertiary/aromatic N) is 1. The highest BCUT2D eigenvalue weighted by atomic mass is 32.2. The van der Waals surface area contributed by atoms with Gasteiger partial charge in [-0.2, -0.15) is 0 Å². The summed E-state index contributed by atoms with van der Waals surface area (Å²) in [6.45, 7) is 1.73. The fourth-order valence-electron chi connectivity index (χ4n) is 2.53. The van der Waals surface area contributed by atoms with Crippen molar-refractivity contribution in [3.8, 4) is 0 Å². The summed E-state index contributed by atoms with van der Waals surface area (Å²) >= 11 is 0. The van der Waals surface area contributed by atoms with Gasteiger partial charge in [0, 0.05) is 19.8 Å². The molecule has 0 saturated heterocycles. The third kappa shape index (κ3) is 3.49. The molecule has 0 atom stereocenters. The monoisotopic (exact) mass is 386 g/mol. The molecule has 0 fully saturated rings.